The van der Waals surface area contributed by atoms with Gasteiger partial charge in [0.15, 0.2) is 0 Å². The molecule has 204 valence electrons. The minimum absolute atomic E-state index is 0.0246. The first kappa shape index (κ1) is 27.3. The third-order valence-corrected chi connectivity index (χ3v) is 11.5. The van der Waals surface area contributed by atoms with Crippen molar-refractivity contribution in [2.45, 2.75) is 52.4 Å². The Labute approximate surface area is 246 Å². The van der Waals surface area contributed by atoms with Gasteiger partial charge in [-0.2, -0.15) is 0 Å². The first-order valence-electron chi connectivity index (χ1n) is 14.0. The van der Waals surface area contributed by atoms with E-state index in [-0.39, 0.29) is 10.8 Å². The van der Waals surface area contributed by atoms with Crippen LogP contribution >= 0.6 is 0 Å². The molecule has 6 rings (SSSR count). The molecule has 41 heavy (non-hydrogen) atoms. The van der Waals surface area contributed by atoms with E-state index in [1.807, 2.05) is 60.9 Å². The minimum atomic E-state index is -2.96. The molecule has 0 unspecified atom stereocenters. The zero-order chi connectivity index (χ0) is 28.9. The maximum atomic E-state index is 13.8. The van der Waals surface area contributed by atoms with Gasteiger partial charge >= 0.3 is 248 Å². The van der Waals surface area contributed by atoms with E-state index in [9.17, 15) is 3.78 Å². The summed E-state index contributed by atoms with van der Waals surface area (Å²) in [5.41, 5.74) is 8.20. The van der Waals surface area contributed by atoms with Crippen LogP contribution in [0.25, 0.3) is 33.6 Å². The molecule has 3 aromatic carbocycles. The molecular formula is C36H34GeN2O2. The van der Waals surface area contributed by atoms with Gasteiger partial charge in [-0.15, -0.1) is 0 Å². The second kappa shape index (κ2) is 10.2. The van der Waals surface area contributed by atoms with Crippen molar-refractivity contribution in [2.75, 3.05) is 0 Å². The van der Waals surface area contributed by atoms with Crippen molar-refractivity contribution in [3.63, 3.8) is 0 Å². The van der Waals surface area contributed by atoms with Crippen molar-refractivity contribution >= 4 is 23.1 Å². The summed E-state index contributed by atoms with van der Waals surface area (Å²) in [7, 11) is 0. The van der Waals surface area contributed by atoms with Gasteiger partial charge in [-0.25, -0.2) is 0 Å². The molecule has 0 amide bonds. The summed E-state index contributed by atoms with van der Waals surface area (Å²) in [6.07, 6.45) is 3.74. The third kappa shape index (κ3) is 5.29. The van der Waals surface area contributed by atoms with E-state index in [1.54, 1.807) is 0 Å². The number of pyridine rings is 2. The van der Waals surface area contributed by atoms with Crippen molar-refractivity contribution in [3.05, 3.63) is 108 Å². The second-order valence-electron chi connectivity index (χ2n) is 12.8. The van der Waals surface area contributed by atoms with Gasteiger partial charge in [0.2, 0.25) is 0 Å². The summed E-state index contributed by atoms with van der Waals surface area (Å²) < 4.78 is 22.2. The van der Waals surface area contributed by atoms with Gasteiger partial charge in [-0.1, -0.05) is 0 Å². The number of benzene rings is 3. The summed E-state index contributed by atoms with van der Waals surface area (Å²) in [4.78, 5) is 9.42. The van der Waals surface area contributed by atoms with E-state index in [2.05, 4.69) is 82.9 Å². The number of ether oxygens (including phenoxy) is 1. The van der Waals surface area contributed by atoms with Crippen LogP contribution in [0.3, 0.4) is 0 Å². The van der Waals surface area contributed by atoms with Gasteiger partial charge in [0.05, 0.1) is 0 Å². The third-order valence-electron chi connectivity index (χ3n) is 7.69. The van der Waals surface area contributed by atoms with Gasteiger partial charge < -0.3 is 0 Å². The van der Waals surface area contributed by atoms with Crippen LogP contribution in [-0.2, 0) is 14.6 Å². The molecule has 0 radical (unpaired) electrons. The SMILES string of the molecule is CC(C)(C)c1ccnc(-c2cccc(Oc3cc(-c4cc(C(C)(C)C)ccn4)c4[c](c3)[Ge](=[O])[c]3ccccc3-4)c2)c1. The molecule has 0 saturated carbocycles. The zero-order valence-electron chi connectivity index (χ0n) is 24.4. The van der Waals surface area contributed by atoms with Gasteiger partial charge in [0.1, 0.15) is 0 Å². The van der Waals surface area contributed by atoms with Gasteiger partial charge in [-0.05, 0) is 0 Å². The van der Waals surface area contributed by atoms with Gasteiger partial charge in [0, 0.05) is 0 Å². The van der Waals surface area contributed by atoms with Crippen molar-refractivity contribution in [3.8, 4) is 45.1 Å². The first-order valence-corrected chi connectivity index (χ1v) is 17.0. The number of rotatable bonds is 4. The molecular weight excluding hydrogens is 565 g/mol. The molecule has 0 bridgehead atoms. The summed E-state index contributed by atoms with van der Waals surface area (Å²) in [5.74, 6) is 1.36. The predicted molar refractivity (Wildman–Crippen MR) is 168 cm³/mol. The standard InChI is InChI=1S/C36H34GeN2O2/c1-35(2,3)24-14-16-38-32(19-24)23-10-9-11-26(18-23)41-27-21-29(33-20-25(15-17-39-33)36(4,5)6)34-28-12-7-8-13-30(28)37(40)31(34)22-27/h7-22H,1-6H3. The number of hydrogen-bond donors (Lipinski definition) is 0. The Morgan fingerprint density at radius 1 is 0.610 bits per heavy atom. The van der Waals surface area contributed by atoms with Gasteiger partial charge in [-0.3, -0.25) is 0 Å². The Morgan fingerprint density at radius 3 is 1.98 bits per heavy atom. The molecule has 5 aromatic rings. The van der Waals surface area contributed by atoms with Crippen LogP contribution in [0.15, 0.2) is 97.3 Å². The van der Waals surface area contributed by atoms with Crippen molar-refractivity contribution in [1.82, 2.24) is 9.97 Å². The summed E-state index contributed by atoms with van der Waals surface area (Å²) >= 11 is -2.96. The Balaban J connectivity index is 1.45. The van der Waals surface area contributed by atoms with E-state index in [1.165, 1.54) is 11.1 Å². The van der Waals surface area contributed by atoms with Crippen LogP contribution in [0.1, 0.15) is 52.7 Å². The van der Waals surface area contributed by atoms with E-state index >= 15 is 0 Å². The zero-order valence-corrected chi connectivity index (χ0v) is 26.5. The molecule has 0 aliphatic carbocycles. The molecule has 0 atom stereocenters. The summed E-state index contributed by atoms with van der Waals surface area (Å²) in [6.45, 7) is 13.2. The van der Waals surface area contributed by atoms with Crippen LogP contribution < -0.4 is 13.5 Å². The molecule has 3 heterocycles. The fraction of sp³-hybridized carbons (Fsp3) is 0.222. The molecule has 0 spiro atoms. The number of aromatic nitrogens is 2. The van der Waals surface area contributed by atoms with E-state index < -0.39 is 14.3 Å². The van der Waals surface area contributed by atoms with Crippen LogP contribution in [0.4, 0.5) is 0 Å². The van der Waals surface area contributed by atoms with E-state index in [0.717, 1.165) is 42.4 Å². The molecule has 0 N–H and O–H groups in total. The Hall–Kier alpha value is -3.90. The van der Waals surface area contributed by atoms with E-state index in [4.69, 9.17) is 9.72 Å². The number of hydrogen-bond acceptors (Lipinski definition) is 4. The topological polar surface area (TPSA) is 52.1 Å². The normalized spacial score (nSPS) is 12.7. The van der Waals surface area contributed by atoms with Crippen LogP contribution in [0.5, 0.6) is 11.5 Å². The summed E-state index contributed by atoms with van der Waals surface area (Å²) in [6, 6.07) is 28.5. The molecule has 0 fully saturated rings. The van der Waals surface area contributed by atoms with Crippen LogP contribution in [0, 0.1) is 0 Å². The predicted octanol–water partition coefficient (Wildman–Crippen LogP) is 7.71. The Bertz CT molecular complexity index is 1810. The van der Waals surface area contributed by atoms with Gasteiger partial charge in [0.25, 0.3) is 0 Å². The Kier molecular flexibility index (Phi) is 6.77. The second-order valence-corrected chi connectivity index (χ2v) is 16.4. The molecule has 1 aliphatic rings. The van der Waals surface area contributed by atoms with E-state index in [0.29, 0.717) is 11.5 Å². The monoisotopic (exact) mass is 600 g/mol. The van der Waals surface area contributed by atoms with Crippen LogP contribution in [0.2, 0.25) is 0 Å². The molecule has 0 saturated heterocycles. The number of nitrogens with zero attached hydrogens (tertiary/aromatic N) is 2. The van der Waals surface area contributed by atoms with Crippen LogP contribution in [-0.4, -0.2) is 24.3 Å². The first-order chi connectivity index (χ1) is 19.5. The quantitative estimate of drug-likeness (QED) is 0.195. The van der Waals surface area contributed by atoms with Crippen molar-refractivity contribution in [1.29, 1.82) is 0 Å². The summed E-state index contributed by atoms with van der Waals surface area (Å²) in [5, 5.41) is 0. The average molecular weight is 599 g/mol. The average Bonchev–Trinajstić information content (AvgIpc) is 3.24. The fourth-order valence-electron chi connectivity index (χ4n) is 5.34. The Morgan fingerprint density at radius 2 is 1.27 bits per heavy atom. The molecule has 2 aromatic heterocycles. The molecule has 5 heteroatoms. The maximum absolute atomic E-state index is 13.8. The number of fused-ring (bicyclic) bond motifs is 3. The van der Waals surface area contributed by atoms with Crippen molar-refractivity contribution < 1.29 is 8.51 Å². The van der Waals surface area contributed by atoms with Crippen molar-refractivity contribution in [2.24, 2.45) is 0 Å². The molecule has 1 aliphatic heterocycles. The molecule has 4 nitrogen and oxygen atoms in total. The fourth-order valence-corrected chi connectivity index (χ4v) is 9.04.